The average Bonchev–Trinajstić information content (AvgIpc) is 2.68. The van der Waals surface area contributed by atoms with Crippen LogP contribution in [0, 0.1) is 0 Å². The average molecular weight is 381 g/mol. The van der Waals surface area contributed by atoms with Gasteiger partial charge in [-0.1, -0.05) is 49.4 Å². The van der Waals surface area contributed by atoms with E-state index >= 15 is 0 Å². The number of hydrogen-bond acceptors (Lipinski definition) is 5. The van der Waals surface area contributed by atoms with Crippen LogP contribution in [0.5, 0.6) is 5.75 Å². The van der Waals surface area contributed by atoms with Gasteiger partial charge in [-0.05, 0) is 35.4 Å². The van der Waals surface area contributed by atoms with Crippen molar-refractivity contribution in [2.24, 2.45) is 0 Å². The molecule has 6 nitrogen and oxygen atoms in total. The summed E-state index contributed by atoms with van der Waals surface area (Å²) in [6.07, 6.45) is 1.68. The number of aromatic hydroxyl groups is 1. The smallest absolute Gasteiger partial charge is 0.325 e. The van der Waals surface area contributed by atoms with Crippen molar-refractivity contribution in [2.75, 3.05) is 11.1 Å². The molecule has 3 N–H and O–H groups in total. The fraction of sp³-hybridized carbons (Fsp3) is 0.250. The van der Waals surface area contributed by atoms with Gasteiger partial charge >= 0.3 is 11.3 Å². The molecule has 4 rings (SSSR count). The van der Waals surface area contributed by atoms with Crippen molar-refractivity contribution >= 4 is 17.4 Å². The maximum absolute atomic E-state index is 12.9. The number of aromatic amines is 1. The third kappa shape index (κ3) is 3.30. The Bertz CT molecular complexity index is 1030. The van der Waals surface area contributed by atoms with Gasteiger partial charge in [0.1, 0.15) is 5.75 Å². The van der Waals surface area contributed by atoms with E-state index in [4.69, 9.17) is 5.10 Å². The van der Waals surface area contributed by atoms with E-state index in [2.05, 4.69) is 17.2 Å². The number of anilines is 1. The highest BCUT2D eigenvalue weighted by Gasteiger charge is 2.38. The van der Waals surface area contributed by atoms with Crippen molar-refractivity contribution < 1.29 is 9.79 Å². The predicted molar refractivity (Wildman–Crippen MR) is 106 cm³/mol. The zero-order chi connectivity index (χ0) is 18.8. The lowest BCUT2D eigenvalue weighted by molar-refractivity contribution is -0.759. The zero-order valence-electron chi connectivity index (χ0n) is 15.0. The van der Waals surface area contributed by atoms with Crippen LogP contribution < -0.4 is 15.6 Å². The number of para-hydroxylation sites is 2. The predicted octanol–water partition coefficient (Wildman–Crippen LogP) is 3.29. The van der Waals surface area contributed by atoms with E-state index in [0.717, 1.165) is 29.8 Å². The molecule has 0 spiro atoms. The molecule has 3 aromatic rings. The fourth-order valence-corrected chi connectivity index (χ4v) is 4.13. The Morgan fingerprint density at radius 2 is 1.96 bits per heavy atom. The SMILES string of the molecule is CCCCSc1n[n+]2c(c(=O)[nH]1)-c1ccccc1N[C@H]2c1ccccc1O. The first kappa shape index (κ1) is 17.6. The van der Waals surface area contributed by atoms with E-state index in [9.17, 15) is 9.90 Å². The maximum Gasteiger partial charge on any atom is 0.325 e. The molecule has 1 aliphatic rings. The molecular weight excluding hydrogens is 360 g/mol. The number of hydrogen-bond donors (Lipinski definition) is 3. The van der Waals surface area contributed by atoms with Crippen LogP contribution in [0.1, 0.15) is 31.5 Å². The zero-order valence-corrected chi connectivity index (χ0v) is 15.8. The molecule has 0 saturated carbocycles. The molecule has 2 aromatic carbocycles. The second kappa shape index (κ2) is 7.44. The highest BCUT2D eigenvalue weighted by Crippen LogP contribution is 2.33. The topological polar surface area (TPSA) is 81.9 Å². The van der Waals surface area contributed by atoms with Crippen LogP contribution in [0.3, 0.4) is 0 Å². The van der Waals surface area contributed by atoms with Crippen LogP contribution in [0.4, 0.5) is 5.69 Å². The monoisotopic (exact) mass is 381 g/mol. The lowest BCUT2D eigenvalue weighted by atomic mass is 10.0. The fourth-order valence-electron chi connectivity index (χ4n) is 3.20. The highest BCUT2D eigenvalue weighted by molar-refractivity contribution is 7.99. The number of phenols is 1. The number of fused-ring (bicyclic) bond motifs is 3. The van der Waals surface area contributed by atoms with Crippen molar-refractivity contribution in [3.63, 3.8) is 0 Å². The first-order valence-electron chi connectivity index (χ1n) is 9.02. The number of thioether (sulfide) groups is 1. The Morgan fingerprint density at radius 1 is 1.19 bits per heavy atom. The Morgan fingerprint density at radius 3 is 2.78 bits per heavy atom. The summed E-state index contributed by atoms with van der Waals surface area (Å²) in [4.78, 5) is 15.8. The third-order valence-electron chi connectivity index (χ3n) is 4.55. The second-order valence-corrected chi connectivity index (χ2v) is 7.49. The van der Waals surface area contributed by atoms with Gasteiger partial charge in [-0.15, -0.1) is 0 Å². The van der Waals surface area contributed by atoms with Crippen LogP contribution in [-0.4, -0.2) is 20.9 Å². The van der Waals surface area contributed by atoms with Crippen LogP contribution in [0.25, 0.3) is 11.3 Å². The van der Waals surface area contributed by atoms with Crippen molar-refractivity contribution in [1.29, 1.82) is 0 Å². The summed E-state index contributed by atoms with van der Waals surface area (Å²) < 4.78 is 1.69. The summed E-state index contributed by atoms with van der Waals surface area (Å²) in [7, 11) is 0. The minimum atomic E-state index is -0.469. The van der Waals surface area contributed by atoms with Crippen LogP contribution >= 0.6 is 11.8 Å². The molecule has 27 heavy (non-hydrogen) atoms. The lowest BCUT2D eigenvalue weighted by Crippen LogP contribution is -2.55. The summed E-state index contributed by atoms with van der Waals surface area (Å²) in [5, 5.41) is 19.1. The largest absolute Gasteiger partial charge is 0.507 e. The number of nitrogens with zero attached hydrogens (tertiary/aromatic N) is 2. The molecule has 1 aromatic heterocycles. The number of phenolic OH excluding ortho intramolecular Hbond substituents is 1. The Hall–Kier alpha value is -2.80. The molecular formula is C20H21N4O2S+. The van der Waals surface area contributed by atoms with E-state index in [1.807, 2.05) is 36.4 Å². The molecule has 0 unspecified atom stereocenters. The Kier molecular flexibility index (Phi) is 4.85. The van der Waals surface area contributed by atoms with Gasteiger partial charge in [0.25, 0.3) is 6.17 Å². The first-order valence-corrected chi connectivity index (χ1v) is 10.0. The minimum Gasteiger partial charge on any atom is -0.507 e. The molecule has 0 amide bonds. The summed E-state index contributed by atoms with van der Waals surface area (Å²) in [5.41, 5.74) is 2.60. The minimum absolute atomic E-state index is 0.162. The quantitative estimate of drug-likeness (QED) is 0.359. The number of H-pyrrole nitrogens is 1. The molecule has 7 heteroatoms. The van der Waals surface area contributed by atoms with Gasteiger partial charge in [0.05, 0.1) is 16.8 Å². The van der Waals surface area contributed by atoms with Gasteiger partial charge in [0.15, 0.2) is 0 Å². The standard InChI is InChI=1S/C20H20N4O2S/c1-2-3-12-27-20-22-19(26)17-13-8-4-6-10-15(13)21-18(24(17)23-20)14-9-5-7-11-16(14)25/h4-11,18H,2-3,12H2,1H3,(H2,22,23,25,26)/p+1/t18-/m1/s1. The molecule has 0 aliphatic carbocycles. The number of benzene rings is 2. The highest BCUT2D eigenvalue weighted by atomic mass is 32.2. The van der Waals surface area contributed by atoms with Crippen molar-refractivity contribution in [1.82, 2.24) is 10.1 Å². The summed E-state index contributed by atoms with van der Waals surface area (Å²) in [5.74, 6) is 1.06. The normalized spacial score (nSPS) is 14.9. The summed E-state index contributed by atoms with van der Waals surface area (Å²) >= 11 is 1.54. The second-order valence-electron chi connectivity index (χ2n) is 6.41. The Balaban J connectivity index is 1.88. The molecule has 1 atom stereocenters. The van der Waals surface area contributed by atoms with E-state index in [1.165, 1.54) is 11.8 Å². The lowest BCUT2D eigenvalue weighted by Gasteiger charge is -2.22. The van der Waals surface area contributed by atoms with Gasteiger partial charge in [0, 0.05) is 10.9 Å². The summed E-state index contributed by atoms with van der Waals surface area (Å²) in [6, 6.07) is 14.8. The molecule has 0 saturated heterocycles. The van der Waals surface area contributed by atoms with Crippen molar-refractivity contribution in [3.05, 3.63) is 64.4 Å². The number of unbranched alkanes of at least 4 members (excludes halogenated alkanes) is 1. The number of nitrogens with one attached hydrogen (secondary N) is 2. The Labute approximate surface area is 161 Å². The maximum atomic E-state index is 12.9. The molecule has 0 bridgehead atoms. The van der Waals surface area contributed by atoms with Crippen LogP contribution in [-0.2, 0) is 0 Å². The van der Waals surface area contributed by atoms with Crippen LogP contribution in [0.2, 0.25) is 0 Å². The molecule has 1 aliphatic heterocycles. The van der Waals surface area contributed by atoms with Gasteiger partial charge in [-0.25, -0.2) is 0 Å². The van der Waals surface area contributed by atoms with E-state index in [-0.39, 0.29) is 11.3 Å². The van der Waals surface area contributed by atoms with Gasteiger partial charge < -0.3 is 10.4 Å². The van der Waals surface area contributed by atoms with Crippen molar-refractivity contribution in [2.45, 2.75) is 31.1 Å². The van der Waals surface area contributed by atoms with E-state index in [0.29, 0.717) is 16.4 Å². The molecule has 2 heterocycles. The summed E-state index contributed by atoms with van der Waals surface area (Å²) in [6.45, 7) is 2.13. The van der Waals surface area contributed by atoms with Gasteiger partial charge in [-0.2, -0.15) is 0 Å². The molecule has 138 valence electrons. The third-order valence-corrected chi connectivity index (χ3v) is 5.50. The molecule has 0 fully saturated rings. The first-order chi connectivity index (χ1) is 13.2. The van der Waals surface area contributed by atoms with Crippen LogP contribution in [0.15, 0.2) is 58.5 Å². The number of aromatic nitrogens is 3. The van der Waals surface area contributed by atoms with E-state index in [1.54, 1.807) is 16.8 Å². The van der Waals surface area contributed by atoms with Gasteiger partial charge in [0.2, 0.25) is 5.16 Å². The van der Waals surface area contributed by atoms with Gasteiger partial charge in [-0.3, -0.25) is 9.78 Å². The van der Waals surface area contributed by atoms with E-state index < -0.39 is 6.17 Å². The van der Waals surface area contributed by atoms with Crippen molar-refractivity contribution in [3.8, 4) is 17.0 Å². The number of rotatable bonds is 5. The molecule has 0 radical (unpaired) electrons.